The quantitative estimate of drug-likeness (QED) is 0.601. The summed E-state index contributed by atoms with van der Waals surface area (Å²) in [6.45, 7) is 0. The largest absolute Gasteiger partial charge is 0.481 e. The van der Waals surface area contributed by atoms with E-state index in [0.29, 0.717) is 18.5 Å². The van der Waals surface area contributed by atoms with Crippen LogP contribution in [0, 0.1) is 11.8 Å². The van der Waals surface area contributed by atoms with Gasteiger partial charge in [-0.25, -0.2) is 9.78 Å². The van der Waals surface area contributed by atoms with Gasteiger partial charge in [0.05, 0.1) is 18.2 Å². The lowest BCUT2D eigenvalue weighted by atomic mass is 9.78. The maximum Gasteiger partial charge on any atom is 0.326 e. The van der Waals surface area contributed by atoms with Crippen molar-refractivity contribution in [2.75, 3.05) is 0 Å². The molecule has 120 valence electrons. The molecule has 4 N–H and O–H groups in total. The fraction of sp³-hybridized carbons (Fsp3) is 0.571. The molecule has 1 aromatic rings. The minimum atomic E-state index is -1.16. The number of carbonyl (C=O) groups is 3. The molecule has 3 atom stereocenters. The van der Waals surface area contributed by atoms with Crippen LogP contribution >= 0.6 is 0 Å². The molecule has 2 rings (SSSR count). The Labute approximate surface area is 126 Å². The second-order valence-corrected chi connectivity index (χ2v) is 5.52. The third-order valence-electron chi connectivity index (χ3n) is 4.01. The molecule has 0 radical (unpaired) electrons. The van der Waals surface area contributed by atoms with Crippen LogP contribution in [0.5, 0.6) is 0 Å². The lowest BCUT2D eigenvalue weighted by molar-refractivity contribution is -0.150. The van der Waals surface area contributed by atoms with Crippen molar-refractivity contribution in [1.82, 2.24) is 15.3 Å². The number of carboxylic acid groups (broad SMARTS) is 2. The normalized spacial score (nSPS) is 22.7. The van der Waals surface area contributed by atoms with E-state index in [1.807, 2.05) is 0 Å². The Hall–Kier alpha value is -2.38. The minimum Gasteiger partial charge on any atom is -0.481 e. The van der Waals surface area contributed by atoms with E-state index in [4.69, 9.17) is 0 Å². The summed E-state index contributed by atoms with van der Waals surface area (Å²) in [5.41, 5.74) is 0.589. The number of imidazole rings is 1. The van der Waals surface area contributed by atoms with E-state index in [2.05, 4.69) is 15.3 Å². The molecule has 1 aromatic heterocycles. The number of aromatic amines is 1. The molecule has 1 aliphatic carbocycles. The molecule has 8 nitrogen and oxygen atoms in total. The SMILES string of the molecule is O=C(O)C(Cc1cnc[nH]1)NC(=O)C1CCCCC1C(=O)O. The summed E-state index contributed by atoms with van der Waals surface area (Å²) in [5.74, 6) is -4.07. The first-order chi connectivity index (χ1) is 10.5. The number of nitrogens with zero attached hydrogens (tertiary/aromatic N) is 1. The van der Waals surface area contributed by atoms with Crippen molar-refractivity contribution in [2.24, 2.45) is 11.8 Å². The lowest BCUT2D eigenvalue weighted by Gasteiger charge is -2.28. The summed E-state index contributed by atoms with van der Waals surface area (Å²) >= 11 is 0. The molecule has 0 spiro atoms. The monoisotopic (exact) mass is 309 g/mol. The van der Waals surface area contributed by atoms with E-state index in [1.165, 1.54) is 12.5 Å². The maximum atomic E-state index is 12.3. The van der Waals surface area contributed by atoms with Crippen LogP contribution in [0.4, 0.5) is 0 Å². The number of hydrogen-bond acceptors (Lipinski definition) is 4. The van der Waals surface area contributed by atoms with Gasteiger partial charge in [-0.2, -0.15) is 0 Å². The highest BCUT2D eigenvalue weighted by molar-refractivity contribution is 5.88. The Bertz CT molecular complexity index is 543. The Morgan fingerprint density at radius 1 is 1.27 bits per heavy atom. The molecule has 1 fully saturated rings. The van der Waals surface area contributed by atoms with Gasteiger partial charge in [-0.1, -0.05) is 12.8 Å². The number of amides is 1. The summed E-state index contributed by atoms with van der Waals surface area (Å²) < 4.78 is 0. The standard InChI is InChI=1S/C14H19N3O5/c18-12(9-3-1-2-4-10(9)13(19)20)17-11(14(21)22)5-8-6-15-7-16-8/h6-7,9-11H,1-5H2,(H,15,16)(H,17,18)(H,19,20)(H,21,22). The molecular weight excluding hydrogens is 290 g/mol. The highest BCUT2D eigenvalue weighted by Crippen LogP contribution is 2.30. The number of hydrogen-bond donors (Lipinski definition) is 4. The first-order valence-corrected chi connectivity index (χ1v) is 7.22. The Balaban J connectivity index is 2.03. The van der Waals surface area contributed by atoms with Gasteiger partial charge in [0.2, 0.25) is 5.91 Å². The minimum absolute atomic E-state index is 0.0749. The maximum absolute atomic E-state index is 12.3. The predicted molar refractivity (Wildman–Crippen MR) is 74.9 cm³/mol. The number of aromatic nitrogens is 2. The van der Waals surface area contributed by atoms with E-state index in [1.54, 1.807) is 0 Å². The summed E-state index contributed by atoms with van der Waals surface area (Å²) in [4.78, 5) is 41.4. The van der Waals surface area contributed by atoms with Crippen LogP contribution in [0.25, 0.3) is 0 Å². The van der Waals surface area contributed by atoms with Crippen LogP contribution in [0.15, 0.2) is 12.5 Å². The molecule has 1 amide bonds. The highest BCUT2D eigenvalue weighted by atomic mass is 16.4. The second kappa shape index (κ2) is 7.06. The van der Waals surface area contributed by atoms with Crippen LogP contribution in [-0.2, 0) is 20.8 Å². The molecule has 3 unspecified atom stereocenters. The van der Waals surface area contributed by atoms with Gasteiger partial charge in [-0.3, -0.25) is 9.59 Å². The first-order valence-electron chi connectivity index (χ1n) is 7.22. The van der Waals surface area contributed by atoms with Crippen molar-refractivity contribution in [1.29, 1.82) is 0 Å². The van der Waals surface area contributed by atoms with Crippen molar-refractivity contribution in [3.05, 3.63) is 18.2 Å². The topological polar surface area (TPSA) is 132 Å². The van der Waals surface area contributed by atoms with E-state index in [-0.39, 0.29) is 6.42 Å². The number of aliphatic carboxylic acids is 2. The molecule has 1 saturated carbocycles. The molecule has 1 aliphatic rings. The number of nitrogens with one attached hydrogen (secondary N) is 2. The van der Waals surface area contributed by atoms with Gasteiger partial charge in [-0.15, -0.1) is 0 Å². The molecule has 0 aliphatic heterocycles. The smallest absolute Gasteiger partial charge is 0.326 e. The summed E-state index contributed by atoms with van der Waals surface area (Å²) in [6, 6.07) is -1.11. The first kappa shape index (κ1) is 16.0. The fourth-order valence-electron chi connectivity index (χ4n) is 2.84. The van der Waals surface area contributed by atoms with Crippen molar-refractivity contribution in [3.63, 3.8) is 0 Å². The van der Waals surface area contributed by atoms with Crippen LogP contribution in [0.2, 0.25) is 0 Å². The van der Waals surface area contributed by atoms with Crippen LogP contribution < -0.4 is 5.32 Å². The zero-order valence-electron chi connectivity index (χ0n) is 12.0. The van der Waals surface area contributed by atoms with Crippen LogP contribution in [0.1, 0.15) is 31.4 Å². The molecule has 1 heterocycles. The second-order valence-electron chi connectivity index (χ2n) is 5.52. The fourth-order valence-corrected chi connectivity index (χ4v) is 2.84. The summed E-state index contributed by atoms with van der Waals surface area (Å²) in [6.07, 6.45) is 5.47. The van der Waals surface area contributed by atoms with Crippen LogP contribution in [-0.4, -0.2) is 44.1 Å². The molecule has 0 aromatic carbocycles. The van der Waals surface area contributed by atoms with Gasteiger partial charge in [-0.05, 0) is 12.8 Å². The van der Waals surface area contributed by atoms with Crippen molar-refractivity contribution in [3.8, 4) is 0 Å². The van der Waals surface area contributed by atoms with Gasteiger partial charge < -0.3 is 20.5 Å². The average molecular weight is 309 g/mol. The third kappa shape index (κ3) is 3.84. The van der Waals surface area contributed by atoms with Gasteiger partial charge in [0.15, 0.2) is 0 Å². The van der Waals surface area contributed by atoms with E-state index in [0.717, 1.165) is 12.8 Å². The van der Waals surface area contributed by atoms with Crippen molar-refractivity contribution < 1.29 is 24.6 Å². The molecule has 22 heavy (non-hydrogen) atoms. The number of rotatable bonds is 6. The van der Waals surface area contributed by atoms with Gasteiger partial charge in [0.1, 0.15) is 6.04 Å². The average Bonchev–Trinajstić information content (AvgIpc) is 2.99. The lowest BCUT2D eigenvalue weighted by Crippen LogP contribution is -2.48. The number of H-pyrrole nitrogens is 1. The molecule has 0 saturated heterocycles. The zero-order chi connectivity index (χ0) is 16.1. The highest BCUT2D eigenvalue weighted by Gasteiger charge is 2.37. The Kier molecular flexibility index (Phi) is 5.13. The van der Waals surface area contributed by atoms with Gasteiger partial charge in [0, 0.05) is 18.3 Å². The van der Waals surface area contributed by atoms with E-state index in [9.17, 15) is 24.6 Å². The van der Waals surface area contributed by atoms with Crippen molar-refractivity contribution in [2.45, 2.75) is 38.1 Å². The van der Waals surface area contributed by atoms with E-state index < -0.39 is 35.7 Å². The van der Waals surface area contributed by atoms with Gasteiger partial charge >= 0.3 is 11.9 Å². The summed E-state index contributed by atoms with van der Waals surface area (Å²) in [7, 11) is 0. The van der Waals surface area contributed by atoms with Gasteiger partial charge in [0.25, 0.3) is 0 Å². The predicted octanol–water partition coefficient (Wildman–Crippen LogP) is 0.413. The molecule has 0 bridgehead atoms. The molecule has 8 heteroatoms. The Morgan fingerprint density at radius 2 is 1.95 bits per heavy atom. The number of carboxylic acids is 2. The van der Waals surface area contributed by atoms with E-state index >= 15 is 0 Å². The van der Waals surface area contributed by atoms with Crippen molar-refractivity contribution >= 4 is 17.8 Å². The molecular formula is C14H19N3O5. The number of carbonyl (C=O) groups excluding carboxylic acids is 1. The third-order valence-corrected chi connectivity index (χ3v) is 4.01. The summed E-state index contributed by atoms with van der Waals surface area (Å²) in [5, 5.41) is 20.9. The zero-order valence-corrected chi connectivity index (χ0v) is 12.0. The van der Waals surface area contributed by atoms with Crippen LogP contribution in [0.3, 0.4) is 0 Å². The Morgan fingerprint density at radius 3 is 2.50 bits per heavy atom.